The van der Waals surface area contributed by atoms with Gasteiger partial charge in [-0.2, -0.15) is 0 Å². The maximum absolute atomic E-state index is 12.4. The van der Waals surface area contributed by atoms with Crippen LogP contribution in [0.2, 0.25) is 0 Å². The molecule has 31 heavy (non-hydrogen) atoms. The minimum Gasteiger partial charge on any atom is -0.494 e. The van der Waals surface area contributed by atoms with Gasteiger partial charge in [0.05, 0.1) is 12.4 Å². The molecule has 4 saturated carbocycles. The second-order valence-electron chi connectivity index (χ2n) is 9.85. The minimum absolute atomic E-state index is 0.0419. The first-order chi connectivity index (χ1) is 15.0. The summed E-state index contributed by atoms with van der Waals surface area (Å²) in [6.07, 6.45) is 9.54. The van der Waals surface area contributed by atoms with Gasteiger partial charge in [-0.05, 0) is 92.9 Å². The number of nitrogens with zero attached hydrogens (tertiary/aromatic N) is 3. The maximum atomic E-state index is 12.4. The van der Waals surface area contributed by atoms with Crippen LogP contribution in [0.15, 0.2) is 29.4 Å². The van der Waals surface area contributed by atoms with Crippen molar-refractivity contribution in [3.8, 4) is 5.75 Å². The molecule has 0 aliphatic heterocycles. The Bertz CT molecular complexity index is 904. The number of hydrogen-bond acceptors (Lipinski definition) is 5. The number of nitrogens with one attached hydrogen (secondary N) is 1. The van der Waals surface area contributed by atoms with E-state index in [1.807, 2.05) is 38.2 Å². The summed E-state index contributed by atoms with van der Waals surface area (Å²) >= 11 is 1.45. The molecule has 7 heteroatoms. The SMILES string of the molecule is CCOc1ccc(NC(=O)CSc2nnc(CC34CC5CC(CC(C5)C3)C4)n2C)cc1. The van der Waals surface area contributed by atoms with E-state index in [-0.39, 0.29) is 5.91 Å². The molecule has 4 fully saturated rings. The van der Waals surface area contributed by atoms with Crippen molar-refractivity contribution < 1.29 is 9.53 Å². The predicted molar refractivity (Wildman–Crippen MR) is 122 cm³/mol. The number of carbonyl (C=O) groups is 1. The Kier molecular flexibility index (Phi) is 5.71. The molecule has 1 amide bonds. The fraction of sp³-hybridized carbons (Fsp3) is 0.625. The second-order valence-corrected chi connectivity index (χ2v) is 10.8. The largest absolute Gasteiger partial charge is 0.494 e. The van der Waals surface area contributed by atoms with Crippen LogP contribution in [0.25, 0.3) is 0 Å². The van der Waals surface area contributed by atoms with Gasteiger partial charge in [0.1, 0.15) is 11.6 Å². The van der Waals surface area contributed by atoms with Crippen molar-refractivity contribution in [2.24, 2.45) is 30.2 Å². The van der Waals surface area contributed by atoms with E-state index < -0.39 is 0 Å². The Labute approximate surface area is 188 Å². The average Bonchev–Trinajstić information content (AvgIpc) is 3.06. The Morgan fingerprint density at radius 2 is 1.77 bits per heavy atom. The monoisotopic (exact) mass is 440 g/mol. The molecular weight excluding hydrogens is 408 g/mol. The minimum atomic E-state index is -0.0419. The number of benzene rings is 1. The van der Waals surface area contributed by atoms with E-state index in [9.17, 15) is 4.79 Å². The fourth-order valence-electron chi connectivity index (χ4n) is 6.59. The fourth-order valence-corrected chi connectivity index (χ4v) is 7.32. The first-order valence-corrected chi connectivity index (χ1v) is 12.5. The molecule has 0 atom stereocenters. The van der Waals surface area contributed by atoms with E-state index in [0.717, 1.165) is 46.6 Å². The molecule has 166 valence electrons. The topological polar surface area (TPSA) is 69.0 Å². The molecule has 1 aromatic heterocycles. The Morgan fingerprint density at radius 1 is 1.13 bits per heavy atom. The van der Waals surface area contributed by atoms with Crippen LogP contribution in [-0.2, 0) is 18.3 Å². The third kappa shape index (κ3) is 4.47. The molecule has 0 spiro atoms. The van der Waals surface area contributed by atoms with Gasteiger partial charge < -0.3 is 14.6 Å². The van der Waals surface area contributed by atoms with Gasteiger partial charge in [-0.3, -0.25) is 4.79 Å². The van der Waals surface area contributed by atoms with Gasteiger partial charge >= 0.3 is 0 Å². The number of rotatable bonds is 8. The van der Waals surface area contributed by atoms with E-state index in [0.29, 0.717) is 17.8 Å². The molecule has 2 aromatic rings. The lowest BCUT2D eigenvalue weighted by molar-refractivity contribution is -0.113. The van der Waals surface area contributed by atoms with Gasteiger partial charge in [-0.25, -0.2) is 0 Å². The molecule has 1 heterocycles. The number of anilines is 1. The van der Waals surface area contributed by atoms with E-state index in [1.54, 1.807) is 0 Å². The lowest BCUT2D eigenvalue weighted by Gasteiger charge is -2.56. The number of thioether (sulfide) groups is 1. The normalized spacial score (nSPS) is 28.6. The van der Waals surface area contributed by atoms with E-state index >= 15 is 0 Å². The maximum Gasteiger partial charge on any atom is 0.234 e. The lowest BCUT2D eigenvalue weighted by atomic mass is 9.49. The first-order valence-electron chi connectivity index (χ1n) is 11.6. The number of hydrogen-bond donors (Lipinski definition) is 1. The van der Waals surface area contributed by atoms with Crippen LogP contribution < -0.4 is 10.1 Å². The molecule has 1 N–H and O–H groups in total. The van der Waals surface area contributed by atoms with Crippen LogP contribution in [-0.4, -0.2) is 33.0 Å². The number of amides is 1. The van der Waals surface area contributed by atoms with Crippen molar-refractivity contribution in [2.45, 2.75) is 57.0 Å². The molecule has 6 rings (SSSR count). The van der Waals surface area contributed by atoms with Gasteiger partial charge in [0.2, 0.25) is 5.91 Å². The van der Waals surface area contributed by atoms with Gasteiger partial charge in [-0.15, -0.1) is 10.2 Å². The molecule has 4 aliphatic rings. The van der Waals surface area contributed by atoms with Gasteiger partial charge in [0, 0.05) is 19.2 Å². The van der Waals surface area contributed by atoms with Crippen molar-refractivity contribution in [3.63, 3.8) is 0 Å². The highest BCUT2D eigenvalue weighted by Gasteiger charge is 2.51. The molecule has 0 saturated heterocycles. The summed E-state index contributed by atoms with van der Waals surface area (Å²) in [5, 5.41) is 12.7. The molecule has 6 nitrogen and oxygen atoms in total. The standard InChI is InChI=1S/C24H32N4O2S/c1-3-30-20-6-4-19(5-7-20)25-22(29)15-31-23-27-26-21(28(23)2)14-24-11-16-8-17(12-24)10-18(9-16)13-24/h4-7,16-18H,3,8-15H2,1-2H3,(H,25,29). The van der Waals surface area contributed by atoms with Crippen molar-refractivity contribution in [1.29, 1.82) is 0 Å². The van der Waals surface area contributed by atoms with Crippen molar-refractivity contribution in [3.05, 3.63) is 30.1 Å². The number of carbonyl (C=O) groups excluding carboxylic acids is 1. The summed E-state index contributed by atoms with van der Waals surface area (Å²) in [6, 6.07) is 7.45. The predicted octanol–water partition coefficient (Wildman–Crippen LogP) is 4.70. The molecular formula is C24H32N4O2S. The average molecular weight is 441 g/mol. The molecule has 4 aliphatic carbocycles. The summed E-state index contributed by atoms with van der Waals surface area (Å²) in [4.78, 5) is 12.4. The third-order valence-electron chi connectivity index (χ3n) is 7.40. The summed E-state index contributed by atoms with van der Waals surface area (Å²) in [7, 11) is 2.04. The highest BCUT2D eigenvalue weighted by Crippen LogP contribution is 2.60. The second kappa shape index (κ2) is 8.49. The Balaban J connectivity index is 1.16. The zero-order chi connectivity index (χ0) is 21.4. The zero-order valence-corrected chi connectivity index (χ0v) is 19.3. The summed E-state index contributed by atoms with van der Waals surface area (Å²) < 4.78 is 7.54. The number of ether oxygens (including phenoxy) is 1. The third-order valence-corrected chi connectivity index (χ3v) is 8.42. The van der Waals surface area contributed by atoms with Crippen molar-refractivity contribution in [2.75, 3.05) is 17.7 Å². The lowest BCUT2D eigenvalue weighted by Crippen LogP contribution is -2.47. The van der Waals surface area contributed by atoms with Crippen LogP contribution >= 0.6 is 11.8 Å². The zero-order valence-electron chi connectivity index (χ0n) is 18.5. The van der Waals surface area contributed by atoms with Crippen LogP contribution in [0, 0.1) is 23.2 Å². The summed E-state index contributed by atoms with van der Waals surface area (Å²) in [5.41, 5.74) is 1.22. The van der Waals surface area contributed by atoms with Crippen molar-refractivity contribution >= 4 is 23.4 Å². The Hall–Kier alpha value is -2.02. The molecule has 4 bridgehead atoms. The van der Waals surface area contributed by atoms with Gasteiger partial charge in [0.25, 0.3) is 0 Å². The smallest absolute Gasteiger partial charge is 0.234 e. The quantitative estimate of drug-likeness (QED) is 0.603. The Morgan fingerprint density at radius 3 is 2.39 bits per heavy atom. The summed E-state index contributed by atoms with van der Waals surface area (Å²) in [6.45, 7) is 2.58. The highest BCUT2D eigenvalue weighted by atomic mass is 32.2. The molecule has 0 unspecified atom stereocenters. The van der Waals surface area contributed by atoms with Crippen molar-refractivity contribution in [1.82, 2.24) is 14.8 Å². The van der Waals surface area contributed by atoms with Crippen LogP contribution in [0.5, 0.6) is 5.75 Å². The van der Waals surface area contributed by atoms with Crippen LogP contribution in [0.3, 0.4) is 0 Å². The van der Waals surface area contributed by atoms with Gasteiger partial charge in [0.15, 0.2) is 5.16 Å². The van der Waals surface area contributed by atoms with E-state index in [4.69, 9.17) is 4.74 Å². The van der Waals surface area contributed by atoms with Crippen LogP contribution in [0.4, 0.5) is 5.69 Å². The van der Waals surface area contributed by atoms with Crippen LogP contribution in [0.1, 0.15) is 51.3 Å². The highest BCUT2D eigenvalue weighted by molar-refractivity contribution is 7.99. The van der Waals surface area contributed by atoms with E-state index in [1.165, 1.54) is 50.3 Å². The summed E-state index contributed by atoms with van der Waals surface area (Å²) in [5.74, 6) is 4.99. The number of aromatic nitrogens is 3. The first kappa shape index (κ1) is 20.9. The van der Waals surface area contributed by atoms with E-state index in [2.05, 4.69) is 20.1 Å². The molecule has 0 radical (unpaired) electrons. The van der Waals surface area contributed by atoms with Gasteiger partial charge in [-0.1, -0.05) is 11.8 Å². The molecule has 1 aromatic carbocycles.